The molecule has 0 fully saturated rings. The van der Waals surface area contributed by atoms with Crippen LogP contribution in [0, 0.1) is 0 Å². The number of benzene rings is 2. The van der Waals surface area contributed by atoms with Crippen molar-refractivity contribution in [1.29, 1.82) is 0 Å². The Labute approximate surface area is 99.7 Å². The molecule has 0 saturated carbocycles. The van der Waals surface area contributed by atoms with Crippen molar-refractivity contribution in [1.82, 2.24) is 0 Å². The molecule has 17 heavy (non-hydrogen) atoms. The van der Waals surface area contributed by atoms with Crippen LogP contribution in [0.2, 0.25) is 0 Å². The number of fused-ring (bicyclic) bond motifs is 1. The largest absolute Gasteiger partial charge is 0.462 e. The Morgan fingerprint density at radius 2 is 2.00 bits per heavy atom. The van der Waals surface area contributed by atoms with E-state index in [9.17, 15) is 4.79 Å². The van der Waals surface area contributed by atoms with Crippen molar-refractivity contribution in [2.75, 3.05) is 6.61 Å². The molecule has 2 rings (SSSR count). The lowest BCUT2D eigenvalue weighted by Gasteiger charge is -2.00. The standard InChI is InChI=1S/C14H13NO2/c1-2-17-14(16)10-15-13-9-5-7-11-6-3-4-8-12(11)13/h3-10H,2H2,1H3. The Morgan fingerprint density at radius 1 is 1.24 bits per heavy atom. The molecule has 3 nitrogen and oxygen atoms in total. The van der Waals surface area contributed by atoms with Gasteiger partial charge in [-0.3, -0.25) is 0 Å². The van der Waals surface area contributed by atoms with E-state index in [4.69, 9.17) is 4.74 Å². The van der Waals surface area contributed by atoms with Crippen LogP contribution in [-0.4, -0.2) is 18.8 Å². The van der Waals surface area contributed by atoms with Gasteiger partial charge in [0.05, 0.1) is 12.3 Å². The van der Waals surface area contributed by atoms with Crippen molar-refractivity contribution in [3.8, 4) is 0 Å². The number of carbonyl (C=O) groups excluding carboxylic acids is 1. The summed E-state index contributed by atoms with van der Waals surface area (Å²) in [5, 5.41) is 2.13. The number of carbonyl (C=O) groups is 1. The van der Waals surface area contributed by atoms with Crippen molar-refractivity contribution in [3.05, 3.63) is 42.5 Å². The van der Waals surface area contributed by atoms with Crippen LogP contribution in [0.4, 0.5) is 5.69 Å². The molecular weight excluding hydrogens is 214 g/mol. The molecule has 0 bridgehead atoms. The number of hydrogen-bond acceptors (Lipinski definition) is 3. The molecule has 0 amide bonds. The highest BCUT2D eigenvalue weighted by Gasteiger charge is 1.99. The zero-order chi connectivity index (χ0) is 12.1. The van der Waals surface area contributed by atoms with Crippen molar-refractivity contribution in [2.24, 2.45) is 4.99 Å². The number of aliphatic imine (C=N–C) groups is 1. The highest BCUT2D eigenvalue weighted by Crippen LogP contribution is 2.24. The lowest BCUT2D eigenvalue weighted by Crippen LogP contribution is -2.04. The van der Waals surface area contributed by atoms with Gasteiger partial charge in [-0.15, -0.1) is 0 Å². The van der Waals surface area contributed by atoms with Crippen LogP contribution in [0.3, 0.4) is 0 Å². The quantitative estimate of drug-likeness (QED) is 0.597. The molecule has 0 aliphatic heterocycles. The molecule has 0 radical (unpaired) electrons. The molecule has 0 atom stereocenters. The van der Waals surface area contributed by atoms with E-state index in [1.54, 1.807) is 6.92 Å². The minimum absolute atomic E-state index is 0.361. The van der Waals surface area contributed by atoms with Crippen LogP contribution in [0.5, 0.6) is 0 Å². The topological polar surface area (TPSA) is 38.7 Å². The molecule has 0 aliphatic rings. The zero-order valence-corrected chi connectivity index (χ0v) is 9.59. The lowest BCUT2D eigenvalue weighted by molar-refractivity contribution is -0.134. The molecule has 3 heteroatoms. The van der Waals surface area contributed by atoms with Gasteiger partial charge >= 0.3 is 5.97 Å². The fourth-order valence-electron chi connectivity index (χ4n) is 1.62. The van der Waals surface area contributed by atoms with E-state index < -0.39 is 5.97 Å². The normalized spacial score (nSPS) is 10.9. The summed E-state index contributed by atoms with van der Waals surface area (Å²) < 4.78 is 4.79. The highest BCUT2D eigenvalue weighted by atomic mass is 16.5. The van der Waals surface area contributed by atoms with Crippen LogP contribution >= 0.6 is 0 Å². The molecule has 0 spiro atoms. The Bertz CT molecular complexity index is 556. The SMILES string of the molecule is CCOC(=O)C=Nc1cccc2ccccc12. The number of rotatable bonds is 3. The Morgan fingerprint density at radius 3 is 2.82 bits per heavy atom. The molecule has 0 unspecified atom stereocenters. The summed E-state index contributed by atoms with van der Waals surface area (Å²) in [6, 6.07) is 13.7. The summed E-state index contributed by atoms with van der Waals surface area (Å²) in [6.07, 6.45) is 1.21. The van der Waals surface area contributed by atoms with Crippen molar-refractivity contribution in [2.45, 2.75) is 6.92 Å². The third-order valence-corrected chi connectivity index (χ3v) is 2.36. The summed E-state index contributed by atoms with van der Waals surface area (Å²) in [7, 11) is 0. The van der Waals surface area contributed by atoms with Gasteiger partial charge in [-0.25, -0.2) is 9.79 Å². The van der Waals surface area contributed by atoms with Crippen molar-refractivity contribution in [3.63, 3.8) is 0 Å². The third-order valence-electron chi connectivity index (χ3n) is 2.36. The zero-order valence-electron chi connectivity index (χ0n) is 9.59. The first-order valence-electron chi connectivity index (χ1n) is 5.50. The van der Waals surface area contributed by atoms with Crippen LogP contribution < -0.4 is 0 Å². The van der Waals surface area contributed by atoms with Gasteiger partial charge in [0.15, 0.2) is 0 Å². The Kier molecular flexibility index (Phi) is 3.50. The number of esters is 1. The molecule has 0 aliphatic carbocycles. The number of nitrogens with zero attached hydrogens (tertiary/aromatic N) is 1. The number of ether oxygens (including phenoxy) is 1. The van der Waals surface area contributed by atoms with Gasteiger partial charge in [-0.1, -0.05) is 36.4 Å². The maximum atomic E-state index is 11.2. The smallest absolute Gasteiger partial charge is 0.349 e. The molecule has 2 aromatic rings. The van der Waals surface area contributed by atoms with Gasteiger partial charge in [0.2, 0.25) is 0 Å². The minimum atomic E-state index is -0.416. The first-order valence-corrected chi connectivity index (χ1v) is 5.50. The van der Waals surface area contributed by atoms with E-state index in [1.807, 2.05) is 42.5 Å². The van der Waals surface area contributed by atoms with Crippen molar-refractivity contribution >= 4 is 28.6 Å². The van der Waals surface area contributed by atoms with Crippen LogP contribution in [0.25, 0.3) is 10.8 Å². The van der Waals surface area contributed by atoms with E-state index in [-0.39, 0.29) is 0 Å². The number of hydrogen-bond donors (Lipinski definition) is 0. The predicted octanol–water partition coefficient (Wildman–Crippen LogP) is 3.11. The predicted molar refractivity (Wildman–Crippen MR) is 68.7 cm³/mol. The molecule has 86 valence electrons. The average Bonchev–Trinajstić information content (AvgIpc) is 2.36. The molecule has 0 saturated heterocycles. The highest BCUT2D eigenvalue weighted by molar-refractivity contribution is 6.24. The minimum Gasteiger partial charge on any atom is -0.462 e. The van der Waals surface area contributed by atoms with Gasteiger partial charge in [-0.05, 0) is 18.4 Å². The van der Waals surface area contributed by atoms with E-state index in [0.717, 1.165) is 16.5 Å². The molecule has 2 aromatic carbocycles. The summed E-state index contributed by atoms with van der Waals surface area (Å²) in [6.45, 7) is 2.13. The Balaban J connectivity index is 2.33. The van der Waals surface area contributed by atoms with Crippen LogP contribution in [-0.2, 0) is 9.53 Å². The van der Waals surface area contributed by atoms with E-state index >= 15 is 0 Å². The van der Waals surface area contributed by atoms with Gasteiger partial charge < -0.3 is 4.74 Å². The van der Waals surface area contributed by atoms with E-state index in [1.165, 1.54) is 6.21 Å². The van der Waals surface area contributed by atoms with Gasteiger partial charge in [0.1, 0.15) is 6.21 Å². The summed E-state index contributed by atoms with van der Waals surface area (Å²) in [5.74, 6) is -0.416. The molecule has 0 N–H and O–H groups in total. The monoisotopic (exact) mass is 227 g/mol. The first-order chi connectivity index (χ1) is 8.31. The lowest BCUT2D eigenvalue weighted by atomic mass is 10.1. The van der Waals surface area contributed by atoms with E-state index in [0.29, 0.717) is 6.61 Å². The van der Waals surface area contributed by atoms with Crippen LogP contribution in [0.1, 0.15) is 6.92 Å². The molecule has 0 aromatic heterocycles. The summed E-state index contributed by atoms with van der Waals surface area (Å²) >= 11 is 0. The fraction of sp³-hybridized carbons (Fsp3) is 0.143. The molecular formula is C14H13NO2. The maximum Gasteiger partial charge on any atom is 0.349 e. The van der Waals surface area contributed by atoms with E-state index in [2.05, 4.69) is 4.99 Å². The van der Waals surface area contributed by atoms with Gasteiger partial charge in [-0.2, -0.15) is 0 Å². The third kappa shape index (κ3) is 2.69. The van der Waals surface area contributed by atoms with Gasteiger partial charge in [0, 0.05) is 5.39 Å². The summed E-state index contributed by atoms with van der Waals surface area (Å²) in [5.41, 5.74) is 0.774. The summed E-state index contributed by atoms with van der Waals surface area (Å²) in [4.78, 5) is 15.3. The van der Waals surface area contributed by atoms with Crippen molar-refractivity contribution < 1.29 is 9.53 Å². The fourth-order valence-corrected chi connectivity index (χ4v) is 1.62. The second kappa shape index (κ2) is 5.25. The van der Waals surface area contributed by atoms with Crippen LogP contribution in [0.15, 0.2) is 47.5 Å². The first kappa shape index (κ1) is 11.3. The second-order valence-electron chi connectivity index (χ2n) is 3.51. The Hall–Kier alpha value is -2.16. The maximum absolute atomic E-state index is 11.2. The second-order valence-corrected chi connectivity index (χ2v) is 3.51. The van der Waals surface area contributed by atoms with Gasteiger partial charge in [0.25, 0.3) is 0 Å². The molecule has 0 heterocycles. The average molecular weight is 227 g/mol.